The van der Waals surface area contributed by atoms with Crippen molar-refractivity contribution in [3.8, 4) is 0 Å². The van der Waals surface area contributed by atoms with E-state index in [1.165, 1.54) is 18.2 Å². The lowest BCUT2D eigenvalue weighted by molar-refractivity contribution is 0.0132. The van der Waals surface area contributed by atoms with E-state index in [9.17, 15) is 9.18 Å². The highest BCUT2D eigenvalue weighted by atomic mass is 35.5. The van der Waals surface area contributed by atoms with Crippen LogP contribution in [0, 0.1) is 5.82 Å². The van der Waals surface area contributed by atoms with E-state index in [0.29, 0.717) is 5.82 Å². The molecule has 2 heterocycles. The molecule has 1 unspecified atom stereocenters. The monoisotopic (exact) mass is 502 g/mol. The minimum Gasteiger partial charge on any atom is -0.349 e. The number of amides is 1. The molecule has 1 fully saturated rings. The van der Waals surface area contributed by atoms with E-state index in [4.69, 9.17) is 11.6 Å². The fraction of sp³-hybridized carbons (Fsp3) is 0.421. The molecule has 2 aromatic rings. The summed E-state index contributed by atoms with van der Waals surface area (Å²) < 4.78 is 30.4. The molecule has 3 rings (SSSR count). The van der Waals surface area contributed by atoms with Crippen LogP contribution in [-0.4, -0.2) is 115 Å². The third kappa shape index (κ3) is 5.22. The van der Waals surface area contributed by atoms with Gasteiger partial charge in [-0.3, -0.25) is 4.79 Å². The minimum absolute atomic E-state index is 0.0562. The van der Waals surface area contributed by atoms with Crippen molar-refractivity contribution in [2.75, 3.05) is 13.1 Å². The SMILES string of the molecule is BC(B)(B)c1cnc(C(B)(B)NCC2(F)CCN(C(=O)c3ccc(F)c(Cl)c3)C(B)(B)C2(B)B)nc1. The Morgan fingerprint density at radius 2 is 1.69 bits per heavy atom. The molecule has 1 atom stereocenters. The first kappa shape index (κ1) is 29.0. The van der Waals surface area contributed by atoms with Crippen LogP contribution >= 0.6 is 11.6 Å². The first-order chi connectivity index (χ1) is 16.3. The highest BCUT2D eigenvalue weighted by Gasteiger charge is 2.59. The van der Waals surface area contributed by atoms with Crippen LogP contribution in [0.4, 0.5) is 8.78 Å². The van der Waals surface area contributed by atoms with E-state index in [1.54, 1.807) is 4.90 Å². The van der Waals surface area contributed by atoms with E-state index >= 15 is 4.39 Å². The van der Waals surface area contributed by atoms with Gasteiger partial charge in [-0.2, -0.15) is 0 Å². The van der Waals surface area contributed by atoms with Gasteiger partial charge in [0, 0.05) is 36.4 Å². The molecular weight excluding hydrogens is 471 g/mol. The summed E-state index contributed by atoms with van der Waals surface area (Å²) in [6.45, 7) is 0.296. The van der Waals surface area contributed by atoms with Crippen molar-refractivity contribution < 1.29 is 13.6 Å². The summed E-state index contributed by atoms with van der Waals surface area (Å²) in [4.78, 5) is 24.2. The van der Waals surface area contributed by atoms with Gasteiger partial charge in [0.15, 0.2) is 0 Å². The van der Waals surface area contributed by atoms with Crippen molar-refractivity contribution in [1.29, 1.82) is 0 Å². The normalized spacial score (nSPS) is 21.7. The summed E-state index contributed by atoms with van der Waals surface area (Å²) in [6, 6.07) is 3.92. The lowest BCUT2D eigenvalue weighted by Gasteiger charge is -2.61. The maximum atomic E-state index is 16.8. The van der Waals surface area contributed by atoms with Crippen molar-refractivity contribution in [2.24, 2.45) is 0 Å². The fourth-order valence-electron chi connectivity index (χ4n) is 4.69. The minimum atomic E-state index is -1.61. The lowest BCUT2D eigenvalue weighted by atomic mass is 9.27. The van der Waals surface area contributed by atoms with Crippen LogP contribution in [0.25, 0.3) is 0 Å². The maximum absolute atomic E-state index is 16.8. The van der Waals surface area contributed by atoms with Gasteiger partial charge in [0.2, 0.25) is 0 Å². The van der Waals surface area contributed by atoms with Crippen LogP contribution in [-0.2, 0) is 10.5 Å². The summed E-state index contributed by atoms with van der Waals surface area (Å²) in [5, 5.41) is 0.779. The number of halogens is 3. The molecular formula is C19H30B9ClF2N4O. The van der Waals surface area contributed by atoms with Gasteiger partial charge in [0.25, 0.3) is 5.91 Å². The summed E-state index contributed by atoms with van der Waals surface area (Å²) in [6.07, 6.45) is 3.81. The van der Waals surface area contributed by atoms with Crippen molar-refractivity contribution in [3.05, 3.63) is 58.4 Å². The summed E-state index contributed by atoms with van der Waals surface area (Å²) in [7, 11) is 17.7. The predicted octanol–water partition coefficient (Wildman–Crippen LogP) is -6.20. The zero-order chi connectivity index (χ0) is 27.3. The van der Waals surface area contributed by atoms with Gasteiger partial charge in [-0.05, 0) is 40.7 Å². The zero-order valence-electron chi connectivity index (χ0n) is 22.9. The Bertz CT molecular complexity index is 1150. The molecule has 1 aromatic carbocycles. The maximum Gasteiger partial charge on any atom is 0.253 e. The number of rotatable bonds is 6. The van der Waals surface area contributed by atoms with Gasteiger partial charge in [0.1, 0.15) is 64.4 Å². The number of carbonyl (C=O) groups is 1. The Morgan fingerprint density at radius 3 is 2.22 bits per heavy atom. The van der Waals surface area contributed by atoms with Gasteiger partial charge in [-0.15, -0.1) is 0 Å². The van der Waals surface area contributed by atoms with Gasteiger partial charge >= 0.3 is 0 Å². The molecule has 36 heavy (non-hydrogen) atoms. The van der Waals surface area contributed by atoms with E-state index in [2.05, 4.69) is 38.8 Å². The molecule has 0 spiro atoms. The molecule has 0 aliphatic carbocycles. The third-order valence-electron chi connectivity index (χ3n) is 8.36. The quantitative estimate of drug-likeness (QED) is 0.401. The Kier molecular flexibility index (Phi) is 7.78. The first-order valence-electron chi connectivity index (χ1n) is 12.4. The lowest BCUT2D eigenvalue weighted by Crippen LogP contribution is -2.73. The van der Waals surface area contributed by atoms with Crippen LogP contribution < -0.4 is 5.32 Å². The standard InChI is InChI=1S/C19H30B9ClF2N4O/c20-16(21,22)10-6-32-14(33-7-10)17(23,24)34-8-15(31)3-4-35(19(27,28)18(15,25)26)13(36)9-1-2-12(30)11(29)5-9/h1-2,5-7,34H,3-4,8,20-28H2. The molecule has 1 saturated heterocycles. The number of aromatic nitrogens is 2. The Morgan fingerprint density at radius 1 is 1.11 bits per heavy atom. The average molecular weight is 501 g/mol. The number of hydrogen-bond donors (Lipinski definition) is 1. The van der Waals surface area contributed by atoms with Gasteiger partial charge < -0.3 is 10.2 Å². The van der Waals surface area contributed by atoms with E-state index in [-0.39, 0.29) is 41.1 Å². The molecule has 0 bridgehead atoms. The van der Waals surface area contributed by atoms with Crippen LogP contribution in [0.2, 0.25) is 10.2 Å². The Balaban J connectivity index is 1.81. The Hall–Kier alpha value is -1.54. The average Bonchev–Trinajstić information content (AvgIpc) is 2.78. The summed E-state index contributed by atoms with van der Waals surface area (Å²) in [5.41, 5.74) is -0.297. The van der Waals surface area contributed by atoms with Crippen LogP contribution in [0.15, 0.2) is 30.6 Å². The molecule has 5 nitrogen and oxygen atoms in total. The van der Waals surface area contributed by atoms with E-state index in [1.807, 2.05) is 59.5 Å². The number of nitrogens with one attached hydrogen (secondary N) is 1. The summed E-state index contributed by atoms with van der Waals surface area (Å²) in [5.74, 6) is -0.283. The van der Waals surface area contributed by atoms with E-state index in [0.717, 1.165) is 5.56 Å². The predicted molar refractivity (Wildman–Crippen MR) is 167 cm³/mol. The molecule has 17 heteroatoms. The van der Waals surface area contributed by atoms with Crippen molar-refractivity contribution in [2.45, 2.75) is 33.1 Å². The van der Waals surface area contributed by atoms with Gasteiger partial charge in [-0.1, -0.05) is 16.7 Å². The molecule has 1 aliphatic rings. The van der Waals surface area contributed by atoms with Crippen molar-refractivity contribution in [3.63, 3.8) is 0 Å². The number of likely N-dealkylation sites (tertiary alicyclic amines) is 1. The van der Waals surface area contributed by atoms with Crippen LogP contribution in [0.1, 0.15) is 28.2 Å². The zero-order valence-corrected chi connectivity index (χ0v) is 23.6. The first-order valence-corrected chi connectivity index (χ1v) is 12.8. The number of alkyl halides is 1. The topological polar surface area (TPSA) is 58.1 Å². The third-order valence-corrected chi connectivity index (χ3v) is 8.64. The molecule has 1 aromatic heterocycles. The fourth-order valence-corrected chi connectivity index (χ4v) is 4.88. The molecule has 1 aliphatic heterocycles. The number of nitrogens with zero attached hydrogens (tertiary/aromatic N) is 3. The van der Waals surface area contributed by atoms with Crippen LogP contribution in [0.3, 0.4) is 0 Å². The second-order valence-corrected chi connectivity index (χ2v) is 12.9. The number of hydrogen-bond acceptors (Lipinski definition) is 4. The summed E-state index contributed by atoms with van der Waals surface area (Å²) >= 11 is 5.91. The largest absolute Gasteiger partial charge is 0.349 e. The number of piperidine rings is 1. The second-order valence-electron chi connectivity index (χ2n) is 12.5. The highest BCUT2D eigenvalue weighted by Crippen LogP contribution is 2.51. The van der Waals surface area contributed by atoms with Crippen molar-refractivity contribution in [1.82, 2.24) is 20.2 Å². The van der Waals surface area contributed by atoms with Gasteiger partial charge in [-0.25, -0.2) is 18.7 Å². The molecule has 0 saturated carbocycles. The molecule has 1 N–H and O–H groups in total. The van der Waals surface area contributed by atoms with Crippen molar-refractivity contribution >= 4 is 88.1 Å². The number of carbonyl (C=O) groups excluding carboxylic acids is 1. The van der Waals surface area contributed by atoms with Gasteiger partial charge in [0.05, 0.1) is 28.6 Å². The smallest absolute Gasteiger partial charge is 0.253 e. The molecule has 0 radical (unpaired) electrons. The number of benzene rings is 1. The molecule has 180 valence electrons. The second kappa shape index (κ2) is 9.65. The van der Waals surface area contributed by atoms with E-state index < -0.39 is 27.4 Å². The molecule has 1 amide bonds. The Labute approximate surface area is 226 Å². The van der Waals surface area contributed by atoms with Crippen LogP contribution in [0.5, 0.6) is 0 Å². The highest BCUT2D eigenvalue weighted by molar-refractivity contribution is 6.59.